The fourth-order valence-electron chi connectivity index (χ4n) is 2.78. The third kappa shape index (κ3) is 3.74. The van der Waals surface area contributed by atoms with Gasteiger partial charge in [0, 0.05) is 17.2 Å². The number of rotatable bonds is 4. The van der Waals surface area contributed by atoms with Gasteiger partial charge in [0.15, 0.2) is 0 Å². The monoisotopic (exact) mass is 400 g/mol. The van der Waals surface area contributed by atoms with Crippen LogP contribution in [0.5, 0.6) is 0 Å². The second-order valence-corrected chi connectivity index (χ2v) is 7.15. The molecule has 0 aliphatic carbocycles. The molecule has 1 fully saturated rings. The number of amides is 2. The predicted molar refractivity (Wildman–Crippen MR) is 105 cm³/mol. The fraction of sp³-hybridized carbons (Fsp3) is 0.105. The Balaban J connectivity index is 1.59. The number of hydrogen-bond acceptors (Lipinski definition) is 4. The van der Waals surface area contributed by atoms with Crippen LogP contribution in [-0.2, 0) is 4.79 Å². The third-order valence-electron chi connectivity index (χ3n) is 4.23. The van der Waals surface area contributed by atoms with Crippen molar-refractivity contribution in [3.8, 4) is 0 Å². The minimum atomic E-state index is -0.699. The Morgan fingerprint density at radius 3 is 2.71 bits per heavy atom. The quantitative estimate of drug-likeness (QED) is 0.622. The lowest BCUT2D eigenvalue weighted by molar-refractivity contribution is -0.117. The van der Waals surface area contributed by atoms with E-state index in [1.807, 2.05) is 0 Å². The normalized spacial score (nSPS) is 16.6. The van der Waals surface area contributed by atoms with Gasteiger partial charge in [0.25, 0.3) is 5.24 Å². The van der Waals surface area contributed by atoms with Crippen molar-refractivity contribution in [3.63, 3.8) is 0 Å². The van der Waals surface area contributed by atoms with E-state index >= 15 is 0 Å². The second-order valence-electron chi connectivity index (χ2n) is 6.16. The minimum absolute atomic E-state index is 0.00137. The molecule has 3 aromatic rings. The van der Waals surface area contributed by atoms with Gasteiger partial charge in [0.1, 0.15) is 17.7 Å². The summed E-state index contributed by atoms with van der Waals surface area (Å²) in [4.78, 5) is 23.5. The van der Waals surface area contributed by atoms with Crippen molar-refractivity contribution in [1.29, 1.82) is 0 Å². The number of hydrogen-bond donors (Lipinski definition) is 3. The fourth-order valence-corrected chi connectivity index (χ4v) is 3.55. The van der Waals surface area contributed by atoms with Crippen LogP contribution < -0.4 is 10.6 Å². The number of carbonyl (C=O) groups is 2. The Morgan fingerprint density at radius 1 is 1.21 bits per heavy atom. The lowest BCUT2D eigenvalue weighted by atomic mass is 10.1. The van der Waals surface area contributed by atoms with Crippen molar-refractivity contribution < 1.29 is 18.4 Å². The smallest absolute Gasteiger partial charge is 0.279 e. The van der Waals surface area contributed by atoms with Gasteiger partial charge >= 0.3 is 0 Å². The molecular formula is C19H14F2N4O2S. The summed E-state index contributed by atoms with van der Waals surface area (Å²) >= 11 is 1.01. The summed E-state index contributed by atoms with van der Waals surface area (Å²) in [5.74, 6) is -1.12. The molecule has 1 saturated heterocycles. The Bertz CT molecular complexity index is 1100. The Kier molecular flexibility index (Phi) is 4.82. The number of halogens is 2. The molecule has 0 radical (unpaired) electrons. The van der Waals surface area contributed by atoms with Gasteiger partial charge in [-0.2, -0.15) is 5.10 Å². The summed E-state index contributed by atoms with van der Waals surface area (Å²) in [7, 11) is 0. The topological polar surface area (TPSA) is 86.9 Å². The van der Waals surface area contributed by atoms with Crippen LogP contribution in [-0.4, -0.2) is 33.1 Å². The van der Waals surface area contributed by atoms with E-state index in [1.165, 1.54) is 24.3 Å². The van der Waals surface area contributed by atoms with Crippen LogP contribution in [0.4, 0.5) is 19.3 Å². The van der Waals surface area contributed by atoms with E-state index in [0.29, 0.717) is 22.3 Å². The maximum Gasteiger partial charge on any atom is 0.279 e. The first-order chi connectivity index (χ1) is 13.5. The lowest BCUT2D eigenvalue weighted by Gasteiger charge is -2.11. The molecule has 6 nitrogen and oxygen atoms in total. The van der Waals surface area contributed by atoms with Gasteiger partial charge in [-0.25, -0.2) is 8.78 Å². The number of fused-ring (bicyclic) bond motifs is 1. The summed E-state index contributed by atoms with van der Waals surface area (Å²) in [5, 5.41) is 12.2. The van der Waals surface area contributed by atoms with Gasteiger partial charge in [-0.1, -0.05) is 30.0 Å². The van der Waals surface area contributed by atoms with Crippen LogP contribution in [0.1, 0.15) is 11.3 Å². The molecule has 0 unspecified atom stereocenters. The van der Waals surface area contributed by atoms with Gasteiger partial charge < -0.3 is 10.6 Å². The SMILES string of the molecule is O=C1N[C@H](C(=O)Nc2cc3c(/C=C/c4ccc(F)cc4)n[nH]c3cc2F)CS1. The van der Waals surface area contributed by atoms with Crippen LogP contribution >= 0.6 is 11.8 Å². The molecule has 0 bridgehead atoms. The number of carbonyl (C=O) groups excluding carboxylic acids is 2. The maximum absolute atomic E-state index is 14.3. The number of thioether (sulfide) groups is 1. The zero-order valence-electron chi connectivity index (χ0n) is 14.3. The van der Waals surface area contributed by atoms with Gasteiger partial charge in [-0.15, -0.1) is 0 Å². The van der Waals surface area contributed by atoms with Gasteiger partial charge in [-0.3, -0.25) is 14.7 Å². The molecule has 1 aliphatic rings. The standard InChI is InChI=1S/C19H14F2N4O2S/c20-11-4-1-10(2-5-11)3-6-14-12-7-16(13(21)8-15(12)25-24-14)22-18(26)17-9-28-19(27)23-17/h1-8,17H,9H2,(H,22,26)(H,23,27)(H,24,25)/b6-3+/t17-/m0/s1. The van der Waals surface area contributed by atoms with E-state index in [9.17, 15) is 18.4 Å². The molecular weight excluding hydrogens is 386 g/mol. The molecule has 0 saturated carbocycles. The minimum Gasteiger partial charge on any atom is -0.334 e. The molecule has 2 aromatic carbocycles. The van der Waals surface area contributed by atoms with Gasteiger partial charge in [0.05, 0.1) is 16.9 Å². The molecule has 3 N–H and O–H groups in total. The van der Waals surface area contributed by atoms with Crippen LogP contribution in [0.2, 0.25) is 0 Å². The van der Waals surface area contributed by atoms with E-state index < -0.39 is 17.8 Å². The van der Waals surface area contributed by atoms with Crippen molar-refractivity contribution >= 4 is 51.7 Å². The first-order valence-electron chi connectivity index (χ1n) is 8.35. The first-order valence-corrected chi connectivity index (χ1v) is 9.33. The zero-order chi connectivity index (χ0) is 19.7. The number of H-pyrrole nitrogens is 1. The van der Waals surface area contributed by atoms with E-state index in [4.69, 9.17) is 0 Å². The van der Waals surface area contributed by atoms with Crippen molar-refractivity contribution in [2.45, 2.75) is 6.04 Å². The summed E-state index contributed by atoms with van der Waals surface area (Å²) < 4.78 is 27.3. The number of aromatic amines is 1. The Hall–Kier alpha value is -3.20. The Morgan fingerprint density at radius 2 is 2.00 bits per heavy atom. The van der Waals surface area contributed by atoms with Crippen molar-refractivity contribution in [2.75, 3.05) is 11.1 Å². The van der Waals surface area contributed by atoms with Crippen molar-refractivity contribution in [1.82, 2.24) is 15.5 Å². The molecule has 4 rings (SSSR count). The Labute approximate surface area is 162 Å². The average Bonchev–Trinajstić information content (AvgIpc) is 3.28. The molecule has 1 atom stereocenters. The average molecular weight is 400 g/mol. The number of anilines is 1. The van der Waals surface area contributed by atoms with Crippen LogP contribution in [0.3, 0.4) is 0 Å². The van der Waals surface area contributed by atoms with Gasteiger partial charge in [0.2, 0.25) is 5.91 Å². The van der Waals surface area contributed by atoms with E-state index in [2.05, 4.69) is 20.8 Å². The summed E-state index contributed by atoms with van der Waals surface area (Å²) in [6, 6.07) is 7.99. The molecule has 9 heteroatoms. The number of nitrogens with zero attached hydrogens (tertiary/aromatic N) is 1. The molecule has 2 amide bonds. The molecule has 142 valence electrons. The van der Waals surface area contributed by atoms with Crippen molar-refractivity contribution in [2.24, 2.45) is 0 Å². The predicted octanol–water partition coefficient (Wildman–Crippen LogP) is 3.78. The number of nitrogens with one attached hydrogen (secondary N) is 3. The highest BCUT2D eigenvalue weighted by Gasteiger charge is 2.28. The lowest BCUT2D eigenvalue weighted by Crippen LogP contribution is -2.38. The number of benzene rings is 2. The first kappa shape index (κ1) is 18.2. The highest BCUT2D eigenvalue weighted by atomic mass is 32.2. The highest BCUT2D eigenvalue weighted by molar-refractivity contribution is 8.14. The maximum atomic E-state index is 14.3. The van der Waals surface area contributed by atoms with E-state index in [-0.39, 0.29) is 16.7 Å². The molecule has 1 aromatic heterocycles. The summed E-state index contributed by atoms with van der Waals surface area (Å²) in [5.41, 5.74) is 1.79. The van der Waals surface area contributed by atoms with Crippen LogP contribution in [0.25, 0.3) is 23.1 Å². The molecule has 1 aliphatic heterocycles. The highest BCUT2D eigenvalue weighted by Crippen LogP contribution is 2.26. The zero-order valence-corrected chi connectivity index (χ0v) is 15.1. The third-order valence-corrected chi connectivity index (χ3v) is 5.11. The second kappa shape index (κ2) is 7.43. The van der Waals surface area contributed by atoms with Crippen LogP contribution in [0, 0.1) is 11.6 Å². The van der Waals surface area contributed by atoms with Gasteiger partial charge in [-0.05, 0) is 29.8 Å². The summed E-state index contributed by atoms with van der Waals surface area (Å²) in [6.45, 7) is 0. The summed E-state index contributed by atoms with van der Waals surface area (Å²) in [6.07, 6.45) is 3.46. The molecule has 0 spiro atoms. The van der Waals surface area contributed by atoms with Crippen molar-refractivity contribution in [3.05, 3.63) is 59.3 Å². The van der Waals surface area contributed by atoms with Crippen LogP contribution in [0.15, 0.2) is 36.4 Å². The van der Waals surface area contributed by atoms with E-state index in [1.54, 1.807) is 24.3 Å². The molecule has 2 heterocycles. The largest absolute Gasteiger partial charge is 0.334 e. The number of aromatic nitrogens is 2. The van der Waals surface area contributed by atoms with E-state index in [0.717, 1.165) is 17.3 Å². The molecule has 28 heavy (non-hydrogen) atoms.